The van der Waals surface area contributed by atoms with E-state index in [-0.39, 0.29) is 12.5 Å². The molecule has 3 rings (SSSR count). The molecule has 0 amide bonds. The standard InChI is InChI=1S/C18H16N2O3/c1-12-8-13(2)10-15(9-12)18(21)22-11-16-19-17(20-23-16)14-6-4-3-5-7-14/h3-10H,11H2,1-2H3. The van der Waals surface area contributed by atoms with Gasteiger partial charge in [0.2, 0.25) is 5.82 Å². The number of carbonyl (C=O) groups is 1. The van der Waals surface area contributed by atoms with Gasteiger partial charge in [0, 0.05) is 5.56 Å². The molecule has 5 nitrogen and oxygen atoms in total. The van der Waals surface area contributed by atoms with Gasteiger partial charge in [-0.2, -0.15) is 4.98 Å². The molecule has 5 heteroatoms. The summed E-state index contributed by atoms with van der Waals surface area (Å²) < 4.78 is 10.4. The second-order valence-electron chi connectivity index (χ2n) is 5.33. The van der Waals surface area contributed by atoms with Crippen LogP contribution in [0.1, 0.15) is 27.4 Å². The molecule has 116 valence electrons. The lowest BCUT2D eigenvalue weighted by Crippen LogP contribution is -2.06. The maximum atomic E-state index is 12.1. The highest BCUT2D eigenvalue weighted by molar-refractivity contribution is 5.89. The van der Waals surface area contributed by atoms with E-state index in [2.05, 4.69) is 10.1 Å². The van der Waals surface area contributed by atoms with E-state index in [1.807, 2.05) is 50.2 Å². The number of benzene rings is 2. The van der Waals surface area contributed by atoms with Gasteiger partial charge in [-0.05, 0) is 26.0 Å². The van der Waals surface area contributed by atoms with Crippen molar-refractivity contribution < 1.29 is 14.1 Å². The molecule has 0 N–H and O–H groups in total. The molecule has 0 atom stereocenters. The highest BCUT2D eigenvalue weighted by Crippen LogP contribution is 2.16. The van der Waals surface area contributed by atoms with E-state index >= 15 is 0 Å². The summed E-state index contributed by atoms with van der Waals surface area (Å²) >= 11 is 0. The Labute approximate surface area is 133 Å². The number of nitrogens with zero attached hydrogens (tertiary/aromatic N) is 2. The zero-order chi connectivity index (χ0) is 16.2. The van der Waals surface area contributed by atoms with E-state index in [0.29, 0.717) is 11.4 Å². The van der Waals surface area contributed by atoms with Crippen molar-refractivity contribution in [3.05, 3.63) is 71.1 Å². The Balaban J connectivity index is 1.67. The van der Waals surface area contributed by atoms with Gasteiger partial charge in [0.1, 0.15) is 0 Å². The lowest BCUT2D eigenvalue weighted by atomic mass is 10.1. The molecule has 0 saturated carbocycles. The maximum Gasteiger partial charge on any atom is 0.338 e. The number of esters is 1. The van der Waals surface area contributed by atoms with Crippen molar-refractivity contribution in [2.45, 2.75) is 20.5 Å². The van der Waals surface area contributed by atoms with Crippen LogP contribution in [0.15, 0.2) is 53.1 Å². The lowest BCUT2D eigenvalue weighted by molar-refractivity contribution is 0.0429. The summed E-state index contributed by atoms with van der Waals surface area (Å²) in [5.41, 5.74) is 3.40. The summed E-state index contributed by atoms with van der Waals surface area (Å²) in [6.07, 6.45) is 0. The highest BCUT2D eigenvalue weighted by atomic mass is 16.6. The first-order valence-electron chi connectivity index (χ1n) is 7.25. The van der Waals surface area contributed by atoms with Gasteiger partial charge in [-0.25, -0.2) is 4.79 Å². The Kier molecular flexibility index (Phi) is 4.19. The molecule has 0 radical (unpaired) electrons. The van der Waals surface area contributed by atoms with Crippen LogP contribution in [0.25, 0.3) is 11.4 Å². The molecule has 0 aliphatic heterocycles. The van der Waals surface area contributed by atoms with Crippen LogP contribution in [0, 0.1) is 13.8 Å². The average Bonchev–Trinajstić information content (AvgIpc) is 3.01. The largest absolute Gasteiger partial charge is 0.452 e. The summed E-state index contributed by atoms with van der Waals surface area (Å²) in [5, 5.41) is 3.89. The van der Waals surface area contributed by atoms with Crippen LogP contribution in [-0.2, 0) is 11.3 Å². The van der Waals surface area contributed by atoms with Crippen LogP contribution in [0.3, 0.4) is 0 Å². The Morgan fingerprint density at radius 1 is 1.09 bits per heavy atom. The number of ether oxygens (including phenoxy) is 1. The first-order valence-corrected chi connectivity index (χ1v) is 7.25. The summed E-state index contributed by atoms with van der Waals surface area (Å²) in [6.45, 7) is 3.83. The third-order valence-corrected chi connectivity index (χ3v) is 3.28. The SMILES string of the molecule is Cc1cc(C)cc(C(=O)OCc2nc(-c3ccccc3)no2)c1. The van der Waals surface area contributed by atoms with Gasteiger partial charge in [-0.3, -0.25) is 0 Å². The molecule has 0 aliphatic carbocycles. The second kappa shape index (κ2) is 6.44. The third-order valence-electron chi connectivity index (χ3n) is 3.28. The lowest BCUT2D eigenvalue weighted by Gasteiger charge is -2.04. The number of hydrogen-bond donors (Lipinski definition) is 0. The number of aromatic nitrogens is 2. The second-order valence-corrected chi connectivity index (χ2v) is 5.33. The summed E-state index contributed by atoms with van der Waals surface area (Å²) in [5.74, 6) is 0.334. The molecular weight excluding hydrogens is 292 g/mol. The van der Waals surface area contributed by atoms with Gasteiger partial charge < -0.3 is 9.26 Å². The number of carbonyl (C=O) groups excluding carboxylic acids is 1. The van der Waals surface area contributed by atoms with Crippen molar-refractivity contribution in [3.8, 4) is 11.4 Å². The predicted octanol–water partition coefficient (Wildman–Crippen LogP) is 3.71. The monoisotopic (exact) mass is 308 g/mol. The van der Waals surface area contributed by atoms with Crippen LogP contribution >= 0.6 is 0 Å². The van der Waals surface area contributed by atoms with Crippen molar-refractivity contribution >= 4 is 5.97 Å². The fourth-order valence-corrected chi connectivity index (χ4v) is 2.32. The van der Waals surface area contributed by atoms with Crippen LogP contribution in [-0.4, -0.2) is 16.1 Å². The van der Waals surface area contributed by atoms with Crippen molar-refractivity contribution in [1.29, 1.82) is 0 Å². The molecule has 0 bridgehead atoms. The molecular formula is C18H16N2O3. The van der Waals surface area contributed by atoms with Crippen molar-refractivity contribution in [2.75, 3.05) is 0 Å². The minimum Gasteiger partial charge on any atom is -0.452 e. The summed E-state index contributed by atoms with van der Waals surface area (Å²) in [4.78, 5) is 16.3. The average molecular weight is 308 g/mol. The Morgan fingerprint density at radius 3 is 2.48 bits per heavy atom. The molecule has 0 aliphatic rings. The van der Waals surface area contributed by atoms with Gasteiger partial charge in [0.05, 0.1) is 5.56 Å². The minimum atomic E-state index is -0.406. The number of rotatable bonds is 4. The molecule has 23 heavy (non-hydrogen) atoms. The summed E-state index contributed by atoms with van der Waals surface area (Å²) in [6, 6.07) is 15.1. The molecule has 1 heterocycles. The van der Waals surface area contributed by atoms with Crippen LogP contribution in [0.5, 0.6) is 0 Å². The quantitative estimate of drug-likeness (QED) is 0.687. The van der Waals surface area contributed by atoms with Gasteiger partial charge in [0.15, 0.2) is 6.61 Å². The van der Waals surface area contributed by atoms with Crippen LogP contribution in [0.2, 0.25) is 0 Å². The zero-order valence-electron chi connectivity index (χ0n) is 12.9. The van der Waals surface area contributed by atoms with Gasteiger partial charge in [0.25, 0.3) is 5.89 Å². The third kappa shape index (κ3) is 3.63. The first-order chi connectivity index (χ1) is 11.1. The smallest absolute Gasteiger partial charge is 0.338 e. The summed E-state index contributed by atoms with van der Waals surface area (Å²) in [7, 11) is 0. The molecule has 1 aromatic heterocycles. The predicted molar refractivity (Wildman–Crippen MR) is 84.8 cm³/mol. The fraction of sp³-hybridized carbons (Fsp3) is 0.167. The molecule has 0 fully saturated rings. The highest BCUT2D eigenvalue weighted by Gasteiger charge is 2.13. The van der Waals surface area contributed by atoms with E-state index < -0.39 is 5.97 Å². The molecule has 2 aromatic carbocycles. The zero-order valence-corrected chi connectivity index (χ0v) is 12.9. The van der Waals surface area contributed by atoms with Crippen molar-refractivity contribution in [3.63, 3.8) is 0 Å². The Hall–Kier alpha value is -2.95. The van der Waals surface area contributed by atoms with Gasteiger partial charge in [-0.15, -0.1) is 0 Å². The van der Waals surface area contributed by atoms with E-state index in [4.69, 9.17) is 9.26 Å². The first kappa shape index (κ1) is 15.0. The Morgan fingerprint density at radius 2 is 1.78 bits per heavy atom. The van der Waals surface area contributed by atoms with Crippen LogP contribution < -0.4 is 0 Å². The van der Waals surface area contributed by atoms with Gasteiger partial charge >= 0.3 is 5.97 Å². The van der Waals surface area contributed by atoms with Crippen molar-refractivity contribution in [1.82, 2.24) is 10.1 Å². The van der Waals surface area contributed by atoms with E-state index in [0.717, 1.165) is 16.7 Å². The van der Waals surface area contributed by atoms with E-state index in [9.17, 15) is 4.79 Å². The van der Waals surface area contributed by atoms with E-state index in [1.165, 1.54) is 0 Å². The minimum absolute atomic E-state index is 0.0499. The number of hydrogen-bond acceptors (Lipinski definition) is 5. The molecule has 0 unspecified atom stereocenters. The molecule has 0 spiro atoms. The molecule has 0 saturated heterocycles. The topological polar surface area (TPSA) is 65.2 Å². The number of aryl methyl sites for hydroxylation is 2. The Bertz CT molecular complexity index is 805. The maximum absolute atomic E-state index is 12.1. The molecule has 3 aromatic rings. The van der Waals surface area contributed by atoms with E-state index in [1.54, 1.807) is 12.1 Å². The van der Waals surface area contributed by atoms with Crippen molar-refractivity contribution in [2.24, 2.45) is 0 Å². The van der Waals surface area contributed by atoms with Gasteiger partial charge in [-0.1, -0.05) is 52.7 Å². The van der Waals surface area contributed by atoms with Crippen LogP contribution in [0.4, 0.5) is 0 Å². The fourth-order valence-electron chi connectivity index (χ4n) is 2.32. The normalized spacial score (nSPS) is 10.5.